The Morgan fingerprint density at radius 1 is 1.50 bits per heavy atom. The maximum absolute atomic E-state index is 13.7. The van der Waals surface area contributed by atoms with Gasteiger partial charge in [-0.1, -0.05) is 17.7 Å². The lowest BCUT2D eigenvalue weighted by Gasteiger charge is -2.19. The van der Waals surface area contributed by atoms with Crippen LogP contribution in [0.25, 0.3) is 0 Å². The molecule has 0 spiro atoms. The molecule has 1 fully saturated rings. The lowest BCUT2D eigenvalue weighted by molar-refractivity contribution is 0.440. The van der Waals surface area contributed by atoms with Crippen LogP contribution in [-0.2, 0) is 16.8 Å². The average Bonchev–Trinajstić information content (AvgIpc) is 2.96. The van der Waals surface area contributed by atoms with E-state index >= 15 is 0 Å². The van der Waals surface area contributed by atoms with Gasteiger partial charge in [0.2, 0.25) is 0 Å². The maximum Gasteiger partial charge on any atom is 0.279 e. The Morgan fingerprint density at radius 3 is 2.91 bits per heavy atom. The molecule has 0 radical (unpaired) electrons. The van der Waals surface area contributed by atoms with Crippen LogP contribution in [0.15, 0.2) is 18.2 Å². The van der Waals surface area contributed by atoms with Crippen LogP contribution in [0.3, 0.4) is 0 Å². The fraction of sp³-hybridized carbons (Fsp3) is 0.571. The number of hydrogen-bond donors (Lipinski definition) is 2. The van der Waals surface area contributed by atoms with E-state index in [0.29, 0.717) is 12.5 Å². The summed E-state index contributed by atoms with van der Waals surface area (Å²) in [4.78, 5) is 0. The van der Waals surface area contributed by atoms with Crippen molar-refractivity contribution in [2.75, 3.05) is 26.7 Å². The van der Waals surface area contributed by atoms with Crippen LogP contribution in [0, 0.1) is 11.7 Å². The van der Waals surface area contributed by atoms with Gasteiger partial charge in [0.05, 0.1) is 0 Å². The van der Waals surface area contributed by atoms with E-state index in [9.17, 15) is 12.8 Å². The summed E-state index contributed by atoms with van der Waals surface area (Å²) in [7, 11) is -2.24. The Hall–Kier alpha value is -0.730. The van der Waals surface area contributed by atoms with Gasteiger partial charge in [-0.2, -0.15) is 12.7 Å². The first kappa shape index (κ1) is 17.6. The van der Waals surface area contributed by atoms with Gasteiger partial charge in [-0.25, -0.2) is 9.11 Å². The van der Waals surface area contributed by atoms with Gasteiger partial charge in [-0.15, -0.1) is 0 Å². The molecule has 2 rings (SSSR count). The first-order chi connectivity index (χ1) is 10.4. The highest BCUT2D eigenvalue weighted by molar-refractivity contribution is 7.87. The van der Waals surface area contributed by atoms with Crippen molar-refractivity contribution in [3.05, 3.63) is 34.6 Å². The zero-order chi connectivity index (χ0) is 16.2. The molecule has 5 nitrogen and oxygen atoms in total. The minimum atomic E-state index is -3.65. The zero-order valence-corrected chi connectivity index (χ0v) is 14.1. The molecule has 1 aliphatic rings. The van der Waals surface area contributed by atoms with Gasteiger partial charge in [0.15, 0.2) is 0 Å². The minimum Gasteiger partial charge on any atom is -0.316 e. The summed E-state index contributed by atoms with van der Waals surface area (Å²) in [6.45, 7) is 2.20. The van der Waals surface area contributed by atoms with Crippen molar-refractivity contribution in [2.24, 2.45) is 5.92 Å². The van der Waals surface area contributed by atoms with Crippen molar-refractivity contribution in [2.45, 2.75) is 19.4 Å². The maximum atomic E-state index is 13.7. The second kappa shape index (κ2) is 7.70. The molecule has 0 saturated carbocycles. The van der Waals surface area contributed by atoms with Gasteiger partial charge in [0.1, 0.15) is 5.82 Å². The van der Waals surface area contributed by atoms with Gasteiger partial charge in [-0.3, -0.25) is 0 Å². The van der Waals surface area contributed by atoms with Crippen molar-refractivity contribution in [1.82, 2.24) is 14.3 Å². The van der Waals surface area contributed by atoms with Gasteiger partial charge in [-0.05, 0) is 44.0 Å². The highest BCUT2D eigenvalue weighted by Gasteiger charge is 2.21. The molecule has 1 aromatic carbocycles. The first-order valence-electron chi connectivity index (χ1n) is 7.24. The average molecular weight is 350 g/mol. The Bertz CT molecular complexity index is 586. The molecular formula is C14H21ClFN3O2S. The molecule has 1 aromatic rings. The second-order valence-electron chi connectivity index (χ2n) is 5.50. The smallest absolute Gasteiger partial charge is 0.279 e. The van der Waals surface area contributed by atoms with Gasteiger partial charge >= 0.3 is 0 Å². The van der Waals surface area contributed by atoms with E-state index in [-0.39, 0.29) is 17.1 Å². The summed E-state index contributed by atoms with van der Waals surface area (Å²) in [5, 5.41) is 3.47. The largest absolute Gasteiger partial charge is 0.316 e. The summed E-state index contributed by atoms with van der Waals surface area (Å²) in [6.07, 6.45) is 1.86. The minimum absolute atomic E-state index is 0.105. The van der Waals surface area contributed by atoms with Crippen molar-refractivity contribution in [3.8, 4) is 0 Å². The molecule has 0 aliphatic carbocycles. The van der Waals surface area contributed by atoms with Crippen LogP contribution in [0.2, 0.25) is 5.02 Å². The molecule has 1 aliphatic heterocycles. The number of nitrogens with one attached hydrogen (secondary N) is 2. The van der Waals surface area contributed by atoms with Gasteiger partial charge in [0.25, 0.3) is 10.2 Å². The van der Waals surface area contributed by atoms with Crippen molar-refractivity contribution in [1.29, 1.82) is 0 Å². The van der Waals surface area contributed by atoms with E-state index in [1.54, 1.807) is 6.07 Å². The number of nitrogens with zero attached hydrogens (tertiary/aromatic N) is 1. The fourth-order valence-electron chi connectivity index (χ4n) is 2.45. The third-order valence-electron chi connectivity index (χ3n) is 3.85. The molecule has 0 amide bonds. The molecule has 1 atom stereocenters. The Kier molecular flexibility index (Phi) is 6.17. The van der Waals surface area contributed by atoms with Crippen LogP contribution in [0.1, 0.15) is 18.4 Å². The van der Waals surface area contributed by atoms with Gasteiger partial charge in [0, 0.05) is 30.7 Å². The molecule has 8 heteroatoms. The molecule has 124 valence electrons. The Morgan fingerprint density at radius 2 is 2.27 bits per heavy atom. The monoisotopic (exact) mass is 349 g/mol. The van der Waals surface area contributed by atoms with Crippen molar-refractivity contribution in [3.63, 3.8) is 0 Å². The molecule has 0 aromatic heterocycles. The van der Waals surface area contributed by atoms with Crippen LogP contribution in [0.4, 0.5) is 4.39 Å². The molecular weight excluding hydrogens is 329 g/mol. The highest BCUT2D eigenvalue weighted by Crippen LogP contribution is 2.21. The molecule has 1 saturated heterocycles. The SMILES string of the molecule is CN(Cc1c(F)cccc1Cl)S(=O)(=O)NCCC1CCNC1. The first-order valence-corrected chi connectivity index (χ1v) is 9.06. The van der Waals surface area contributed by atoms with Crippen molar-refractivity contribution >= 4 is 21.8 Å². The standard InChI is InChI=1S/C14H21ClFN3O2S/c1-19(10-12-13(15)3-2-4-14(12)16)22(20,21)18-8-6-11-5-7-17-9-11/h2-4,11,17-18H,5-10H2,1H3. The molecule has 1 unspecified atom stereocenters. The number of rotatable bonds is 7. The summed E-state index contributed by atoms with van der Waals surface area (Å²) >= 11 is 5.93. The quantitative estimate of drug-likeness (QED) is 0.788. The second-order valence-corrected chi connectivity index (χ2v) is 7.77. The van der Waals surface area contributed by atoms with E-state index < -0.39 is 16.0 Å². The Labute approximate surface area is 136 Å². The predicted molar refractivity (Wildman–Crippen MR) is 85.4 cm³/mol. The normalized spacial score (nSPS) is 19.0. The summed E-state index contributed by atoms with van der Waals surface area (Å²) in [6, 6.07) is 4.30. The highest BCUT2D eigenvalue weighted by atomic mass is 35.5. The fourth-order valence-corrected chi connectivity index (χ4v) is 3.57. The van der Waals surface area contributed by atoms with Gasteiger partial charge < -0.3 is 5.32 Å². The number of hydrogen-bond acceptors (Lipinski definition) is 3. The topological polar surface area (TPSA) is 61.4 Å². The zero-order valence-electron chi connectivity index (χ0n) is 12.5. The molecule has 2 N–H and O–H groups in total. The van der Waals surface area contributed by atoms with E-state index in [4.69, 9.17) is 11.6 Å². The van der Waals surface area contributed by atoms with E-state index in [0.717, 1.165) is 30.2 Å². The van der Waals surface area contributed by atoms with Crippen molar-refractivity contribution < 1.29 is 12.8 Å². The van der Waals surface area contributed by atoms with Crippen LogP contribution in [0.5, 0.6) is 0 Å². The number of halogens is 2. The Balaban J connectivity index is 1.90. The van der Waals surface area contributed by atoms with E-state index in [1.165, 1.54) is 19.2 Å². The summed E-state index contributed by atoms with van der Waals surface area (Å²) in [5.41, 5.74) is 0.178. The molecule has 0 bridgehead atoms. The summed E-state index contributed by atoms with van der Waals surface area (Å²) < 4.78 is 41.7. The predicted octanol–water partition coefficient (Wildman–Crippen LogP) is 1.74. The van der Waals surface area contributed by atoms with Crippen LogP contribution >= 0.6 is 11.6 Å². The van der Waals surface area contributed by atoms with Crippen LogP contribution < -0.4 is 10.0 Å². The number of benzene rings is 1. The molecule has 1 heterocycles. The third-order valence-corrected chi connectivity index (χ3v) is 5.72. The summed E-state index contributed by atoms with van der Waals surface area (Å²) in [5.74, 6) is 0.000554. The lowest BCUT2D eigenvalue weighted by atomic mass is 10.1. The lowest BCUT2D eigenvalue weighted by Crippen LogP contribution is -2.39. The van der Waals surface area contributed by atoms with E-state index in [1.807, 2.05) is 0 Å². The van der Waals surface area contributed by atoms with E-state index in [2.05, 4.69) is 10.0 Å². The van der Waals surface area contributed by atoms with Crippen LogP contribution in [-0.4, -0.2) is 39.4 Å². The third kappa shape index (κ3) is 4.63. The molecule has 22 heavy (non-hydrogen) atoms.